The third-order valence-electron chi connectivity index (χ3n) is 4.78. The Kier molecular flexibility index (Phi) is 9.79. The van der Waals surface area contributed by atoms with Crippen LogP contribution in [0.3, 0.4) is 0 Å². The molecular formula is C22H33Cl2NSiTi. The Bertz CT molecular complexity index is 783. The molecule has 2 aromatic carbocycles. The Labute approximate surface area is 185 Å². The Hall–Kier alpha value is -0.349. The number of nitrogens with one attached hydrogen (secondary N) is 1. The molecule has 0 bridgehead atoms. The Morgan fingerprint density at radius 3 is 2.04 bits per heavy atom. The summed E-state index contributed by atoms with van der Waals surface area (Å²) in [5, 5.41) is 5.02. The monoisotopic (exact) mass is 457 g/mol. The maximum Gasteiger partial charge on any atom is -0.0149 e. The van der Waals surface area contributed by atoms with Gasteiger partial charge in [-0.1, -0.05) is 0 Å². The summed E-state index contributed by atoms with van der Waals surface area (Å²) >= 11 is -2.24. The molecule has 0 radical (unpaired) electrons. The molecular weight excluding hydrogens is 425 g/mol. The van der Waals surface area contributed by atoms with E-state index in [4.69, 9.17) is 0 Å². The van der Waals surface area contributed by atoms with E-state index < -0.39 is 16.8 Å². The van der Waals surface area contributed by atoms with Gasteiger partial charge in [0.05, 0.1) is 0 Å². The molecule has 1 unspecified atom stereocenters. The molecule has 0 saturated heterocycles. The first-order valence-corrected chi connectivity index (χ1v) is 13.7. The fourth-order valence-corrected chi connectivity index (χ4v) is 11.2. The van der Waals surface area contributed by atoms with Crippen LogP contribution < -0.4 is 28.6 Å². The Morgan fingerprint density at radius 2 is 1.48 bits per heavy atom. The molecule has 0 aliphatic heterocycles. The molecule has 1 N–H and O–H groups in total. The predicted octanol–water partition coefficient (Wildman–Crippen LogP) is -1.08. The van der Waals surface area contributed by atoms with Gasteiger partial charge in [0.25, 0.3) is 0 Å². The summed E-state index contributed by atoms with van der Waals surface area (Å²) in [7, 11) is 0. The average molecular weight is 458 g/mol. The van der Waals surface area contributed by atoms with E-state index in [2.05, 4.69) is 96.6 Å². The van der Waals surface area contributed by atoms with Crippen molar-refractivity contribution in [2.45, 2.75) is 47.9 Å². The number of fused-ring (bicyclic) bond motifs is 1. The van der Waals surface area contributed by atoms with Crippen molar-refractivity contribution in [3.8, 4) is 11.1 Å². The van der Waals surface area contributed by atoms with Crippen molar-refractivity contribution < 1.29 is 41.7 Å². The van der Waals surface area contributed by atoms with Gasteiger partial charge in [-0.05, 0) is 11.0 Å². The first-order chi connectivity index (χ1) is 11.2. The average Bonchev–Trinajstić information content (AvgIpc) is 2.82. The maximum atomic E-state index is 4.01. The molecule has 1 aliphatic carbocycles. The molecule has 1 aliphatic rings. The number of hydrogen-bond acceptors (Lipinski definition) is 1. The van der Waals surface area contributed by atoms with E-state index in [1.807, 2.05) is 0 Å². The van der Waals surface area contributed by atoms with Crippen LogP contribution in [0, 0.1) is 0 Å². The summed E-state index contributed by atoms with van der Waals surface area (Å²) in [4.78, 5) is 0. The van der Waals surface area contributed by atoms with E-state index in [0.717, 1.165) is 0 Å². The van der Waals surface area contributed by atoms with Gasteiger partial charge in [-0.25, -0.2) is 0 Å². The number of halogens is 2. The van der Waals surface area contributed by atoms with Gasteiger partial charge >= 0.3 is 151 Å². The zero-order valence-electron chi connectivity index (χ0n) is 16.5. The molecule has 0 amide bonds. The van der Waals surface area contributed by atoms with Gasteiger partial charge in [0.15, 0.2) is 0 Å². The minimum absolute atomic E-state index is 0. The molecule has 0 spiro atoms. The van der Waals surface area contributed by atoms with E-state index >= 15 is 0 Å². The smallest absolute Gasteiger partial charge is 0.0149 e. The number of hydrogen-bond donors (Lipinski definition) is 1. The van der Waals surface area contributed by atoms with Gasteiger partial charge in [-0.2, -0.15) is 0 Å². The molecule has 2 aromatic rings. The van der Waals surface area contributed by atoms with E-state index in [1.165, 1.54) is 27.8 Å². The topological polar surface area (TPSA) is 12.0 Å². The molecule has 3 rings (SSSR count). The normalized spacial score (nSPS) is 15.0. The van der Waals surface area contributed by atoms with Crippen LogP contribution in [-0.4, -0.2) is 16.5 Å². The largest absolute Gasteiger partial charge is 1.00 e. The molecule has 0 fully saturated rings. The fraction of sp³-hybridized carbons (Fsp3) is 0.364. The van der Waals surface area contributed by atoms with Gasteiger partial charge < -0.3 is 24.8 Å². The van der Waals surface area contributed by atoms with E-state index in [0.29, 0.717) is 4.22 Å². The maximum absolute atomic E-state index is 4.01. The van der Waals surface area contributed by atoms with E-state index in [9.17, 15) is 0 Å². The molecule has 1 atom stereocenters. The van der Waals surface area contributed by atoms with Crippen LogP contribution in [0.5, 0.6) is 0 Å². The third kappa shape index (κ3) is 5.82. The van der Waals surface area contributed by atoms with Crippen LogP contribution in [0.2, 0.25) is 10.5 Å². The third-order valence-corrected chi connectivity index (χ3v) is 10.4. The van der Waals surface area contributed by atoms with Gasteiger partial charge in [0, 0.05) is 0 Å². The first kappa shape index (κ1) is 26.7. The van der Waals surface area contributed by atoms with E-state index in [1.54, 1.807) is 0 Å². The van der Waals surface area contributed by atoms with Crippen molar-refractivity contribution in [2.75, 3.05) is 0 Å². The van der Waals surface area contributed by atoms with Crippen LogP contribution in [0.4, 0.5) is 0 Å². The number of benzene rings is 2. The molecule has 1 nitrogen and oxygen atoms in total. The zero-order chi connectivity index (χ0) is 17.5. The fourth-order valence-electron chi connectivity index (χ4n) is 4.42. The van der Waals surface area contributed by atoms with Crippen molar-refractivity contribution in [3.05, 3.63) is 65.2 Å². The predicted molar refractivity (Wildman–Crippen MR) is 114 cm³/mol. The van der Waals surface area contributed by atoms with Crippen molar-refractivity contribution in [3.63, 3.8) is 0 Å². The number of rotatable bonds is 3. The summed E-state index contributed by atoms with van der Waals surface area (Å²) in [6, 6.07) is 17.6. The molecule has 0 aromatic heterocycles. The van der Waals surface area contributed by atoms with Crippen molar-refractivity contribution in [1.29, 1.82) is 0 Å². The van der Waals surface area contributed by atoms with Gasteiger partial charge in [-0.15, -0.1) is 0 Å². The second kappa shape index (κ2) is 9.91. The quantitative estimate of drug-likeness (QED) is 0.578. The molecule has 0 saturated carbocycles. The summed E-state index contributed by atoms with van der Waals surface area (Å²) in [5.74, 6) is 0. The van der Waals surface area contributed by atoms with Crippen molar-refractivity contribution in [1.82, 2.24) is 3.80 Å². The van der Waals surface area contributed by atoms with Crippen LogP contribution in [0.15, 0.2) is 54.1 Å². The molecule has 27 heavy (non-hydrogen) atoms. The molecule has 148 valence electrons. The van der Waals surface area contributed by atoms with Gasteiger partial charge in [-0.3, -0.25) is 0 Å². The number of allylic oxidation sites excluding steroid dienone is 1. The van der Waals surface area contributed by atoms with Crippen LogP contribution in [0.25, 0.3) is 17.2 Å². The molecule has 5 heteroatoms. The summed E-state index contributed by atoms with van der Waals surface area (Å²) in [6.07, 6.45) is 2.43. The SMILES string of the molecule is CC1=Cc2c(-c3ccccc3)cccc2[CH]1[Ti+2]([CH3])([CH3])[NH]C(C)(C)C.[Cl-].[Cl-].[SiH4]. The standard InChI is InChI=1S/C16H13.C4H10N.2CH3.2ClH.H4Si.Ti/c1-12-10-14-8-5-9-15(16(14)11-12)13-6-3-2-4-7-13;1-4(2,3)5;;;;;;/h2-11H,1H3;5H,1-3H3;2*1H3;2*1H;1H4;/q;-1;;;;;;+3/p-2. The zero-order valence-corrected chi connectivity index (χ0v) is 19.6. The summed E-state index contributed by atoms with van der Waals surface area (Å²) in [6.45, 7) is 9.18. The van der Waals surface area contributed by atoms with Gasteiger partial charge in [0.1, 0.15) is 0 Å². The summed E-state index contributed by atoms with van der Waals surface area (Å²) < 4.78 is 4.60. The van der Waals surface area contributed by atoms with Gasteiger partial charge in [0.2, 0.25) is 0 Å². The van der Waals surface area contributed by atoms with Crippen molar-refractivity contribution in [2.24, 2.45) is 0 Å². The minimum Gasteiger partial charge on any atom is -1.00 e. The Balaban J connectivity index is 0.00000225. The van der Waals surface area contributed by atoms with E-state index in [-0.39, 0.29) is 41.3 Å². The van der Waals surface area contributed by atoms with Crippen molar-refractivity contribution >= 4 is 17.0 Å². The Morgan fingerprint density at radius 1 is 0.889 bits per heavy atom. The van der Waals surface area contributed by atoms with Crippen LogP contribution in [0.1, 0.15) is 43.0 Å². The first-order valence-electron chi connectivity index (χ1n) is 8.85. The van der Waals surface area contributed by atoms with Crippen LogP contribution >= 0.6 is 0 Å². The summed E-state index contributed by atoms with van der Waals surface area (Å²) in [5.41, 5.74) is 7.33. The minimum atomic E-state index is -2.24. The van der Waals surface area contributed by atoms with Crippen LogP contribution in [-0.2, 0) is 16.8 Å². The molecule has 0 heterocycles. The second-order valence-electron chi connectivity index (χ2n) is 8.59. The second-order valence-corrected chi connectivity index (χ2v) is 15.3.